The van der Waals surface area contributed by atoms with Crippen LogP contribution in [0.25, 0.3) is 0 Å². The van der Waals surface area contributed by atoms with Crippen LogP contribution in [0.5, 0.6) is 0 Å². The van der Waals surface area contributed by atoms with Gasteiger partial charge in [0, 0.05) is 26.1 Å². The number of likely N-dealkylation sites (N-methyl/N-ethyl adjacent to an activating group) is 1. The molecule has 0 unspecified atom stereocenters. The average Bonchev–Trinajstić information content (AvgIpc) is 2.67. The first-order valence-corrected chi connectivity index (χ1v) is 5.58. The number of aliphatic carboxylic acids is 1. The van der Waals surface area contributed by atoms with E-state index >= 15 is 0 Å². The summed E-state index contributed by atoms with van der Waals surface area (Å²) in [4.78, 5) is 25.7. The van der Waals surface area contributed by atoms with Crippen LogP contribution in [-0.4, -0.2) is 63.8 Å². The van der Waals surface area contributed by atoms with Gasteiger partial charge in [-0.2, -0.15) is 0 Å². The maximum absolute atomic E-state index is 12.1. The Kier molecular flexibility index (Phi) is 4.51. The molecule has 96 valence electrons. The largest absolute Gasteiger partial charge is 0.480 e. The van der Waals surface area contributed by atoms with Gasteiger partial charge in [-0.3, -0.25) is 0 Å². The van der Waals surface area contributed by atoms with Crippen molar-refractivity contribution in [3.63, 3.8) is 0 Å². The lowest BCUT2D eigenvalue weighted by Crippen LogP contribution is -2.48. The molecule has 1 fully saturated rings. The number of β-amino-alcohol motifs (C(OH)–C–C–N with tert-alkyl or cyclic N) is 1. The Balaban J connectivity index is 2.78. The van der Waals surface area contributed by atoms with E-state index in [4.69, 9.17) is 5.11 Å². The van der Waals surface area contributed by atoms with Crippen molar-refractivity contribution in [1.82, 2.24) is 9.80 Å². The highest BCUT2D eigenvalue weighted by molar-refractivity contribution is 5.83. The number of likely N-dealkylation sites (tertiary alicyclic amines) is 1. The molecule has 2 atom stereocenters. The summed E-state index contributed by atoms with van der Waals surface area (Å²) in [6, 6.07) is -1.30. The van der Waals surface area contributed by atoms with Crippen molar-refractivity contribution in [1.29, 1.82) is 0 Å². The topological polar surface area (TPSA) is 81.1 Å². The fraction of sp³-hybridized carbons (Fsp3) is 0.636. The molecule has 0 spiro atoms. The third kappa shape index (κ3) is 2.97. The van der Waals surface area contributed by atoms with E-state index < -0.39 is 18.1 Å². The van der Waals surface area contributed by atoms with Crippen LogP contribution in [0.1, 0.15) is 13.3 Å². The highest BCUT2D eigenvalue weighted by Crippen LogP contribution is 2.19. The van der Waals surface area contributed by atoms with Gasteiger partial charge in [0.25, 0.3) is 0 Å². The van der Waals surface area contributed by atoms with Crippen molar-refractivity contribution in [2.45, 2.75) is 25.5 Å². The quantitative estimate of drug-likeness (QED) is 0.687. The SMILES string of the molecule is C=CCN(CC)C(=O)N1C[C@H](O)C[C@@H]1C(=O)O. The van der Waals surface area contributed by atoms with Crippen molar-refractivity contribution in [3.8, 4) is 0 Å². The lowest BCUT2D eigenvalue weighted by molar-refractivity contribution is -0.141. The van der Waals surface area contributed by atoms with Gasteiger partial charge in [-0.15, -0.1) is 6.58 Å². The molecule has 1 heterocycles. The van der Waals surface area contributed by atoms with E-state index in [0.29, 0.717) is 13.1 Å². The molecule has 1 aliphatic heterocycles. The number of aliphatic hydroxyl groups is 1. The molecule has 0 aromatic rings. The standard InChI is InChI=1S/C11H18N2O4/c1-3-5-12(4-2)11(17)13-7-8(14)6-9(13)10(15)16/h3,8-9,14H,1,4-7H2,2H3,(H,15,16)/t8-,9-/m1/s1. The summed E-state index contributed by atoms with van der Waals surface area (Å²) in [5, 5.41) is 18.4. The lowest BCUT2D eigenvalue weighted by atomic mass is 10.2. The molecular weight excluding hydrogens is 224 g/mol. The van der Waals surface area contributed by atoms with Gasteiger partial charge in [0.1, 0.15) is 6.04 Å². The second-order valence-corrected chi connectivity index (χ2v) is 4.01. The lowest BCUT2D eigenvalue weighted by Gasteiger charge is -2.28. The number of carbonyl (C=O) groups is 2. The van der Waals surface area contributed by atoms with E-state index in [2.05, 4.69) is 6.58 Å². The third-order valence-corrected chi connectivity index (χ3v) is 2.81. The number of carboxylic acids is 1. The van der Waals surface area contributed by atoms with Crippen molar-refractivity contribution < 1.29 is 19.8 Å². The Morgan fingerprint density at radius 1 is 1.59 bits per heavy atom. The van der Waals surface area contributed by atoms with Gasteiger partial charge in [0.05, 0.1) is 6.10 Å². The van der Waals surface area contributed by atoms with Crippen LogP contribution in [0.15, 0.2) is 12.7 Å². The van der Waals surface area contributed by atoms with E-state index in [9.17, 15) is 14.7 Å². The van der Waals surface area contributed by atoms with Crippen LogP contribution in [0.2, 0.25) is 0 Å². The van der Waals surface area contributed by atoms with Gasteiger partial charge in [0.2, 0.25) is 0 Å². The van der Waals surface area contributed by atoms with Gasteiger partial charge in [-0.25, -0.2) is 9.59 Å². The zero-order valence-electron chi connectivity index (χ0n) is 9.87. The smallest absolute Gasteiger partial charge is 0.326 e. The predicted molar refractivity (Wildman–Crippen MR) is 61.6 cm³/mol. The van der Waals surface area contributed by atoms with Gasteiger partial charge in [-0.1, -0.05) is 6.08 Å². The number of nitrogens with zero attached hydrogens (tertiary/aromatic N) is 2. The molecule has 6 nitrogen and oxygen atoms in total. The first-order valence-electron chi connectivity index (χ1n) is 5.58. The monoisotopic (exact) mass is 242 g/mol. The van der Waals surface area contributed by atoms with E-state index in [1.165, 1.54) is 9.80 Å². The summed E-state index contributed by atoms with van der Waals surface area (Å²) in [6.07, 6.45) is 0.915. The molecule has 0 bridgehead atoms. The fourth-order valence-corrected chi connectivity index (χ4v) is 1.94. The molecule has 0 aromatic heterocycles. The van der Waals surface area contributed by atoms with Gasteiger partial charge in [-0.05, 0) is 6.92 Å². The molecule has 0 aromatic carbocycles. The maximum atomic E-state index is 12.1. The number of hydrogen-bond acceptors (Lipinski definition) is 3. The van der Waals surface area contributed by atoms with Gasteiger partial charge in [0.15, 0.2) is 0 Å². The van der Waals surface area contributed by atoms with Crippen molar-refractivity contribution >= 4 is 12.0 Å². The van der Waals surface area contributed by atoms with Crippen LogP contribution in [0.4, 0.5) is 4.79 Å². The minimum Gasteiger partial charge on any atom is -0.480 e. The normalized spacial score (nSPS) is 23.5. The number of carbonyl (C=O) groups excluding carboxylic acids is 1. The molecule has 1 aliphatic rings. The molecule has 0 radical (unpaired) electrons. The molecule has 1 rings (SSSR count). The third-order valence-electron chi connectivity index (χ3n) is 2.81. The van der Waals surface area contributed by atoms with Crippen molar-refractivity contribution in [2.75, 3.05) is 19.6 Å². The van der Waals surface area contributed by atoms with Crippen LogP contribution in [-0.2, 0) is 4.79 Å². The Morgan fingerprint density at radius 2 is 2.24 bits per heavy atom. The number of amides is 2. The summed E-state index contributed by atoms with van der Waals surface area (Å²) in [6.45, 7) is 6.28. The Bertz CT molecular complexity index is 319. The first-order chi connectivity index (χ1) is 8.01. The molecule has 1 saturated heterocycles. The number of rotatable bonds is 4. The molecule has 0 aliphatic carbocycles. The zero-order chi connectivity index (χ0) is 13.0. The van der Waals surface area contributed by atoms with Crippen LogP contribution in [0.3, 0.4) is 0 Å². The first kappa shape index (κ1) is 13.5. The molecule has 6 heteroatoms. The molecule has 2 amide bonds. The molecule has 2 N–H and O–H groups in total. The van der Waals surface area contributed by atoms with Crippen LogP contribution in [0, 0.1) is 0 Å². The van der Waals surface area contributed by atoms with Crippen molar-refractivity contribution in [2.24, 2.45) is 0 Å². The minimum atomic E-state index is -1.08. The van der Waals surface area contributed by atoms with E-state index in [1.54, 1.807) is 6.08 Å². The van der Waals surface area contributed by atoms with E-state index in [1.807, 2.05) is 6.92 Å². The number of hydrogen-bond donors (Lipinski definition) is 2. The number of carboxylic acid groups (broad SMARTS) is 1. The van der Waals surface area contributed by atoms with Gasteiger partial charge < -0.3 is 20.0 Å². The predicted octanol–water partition coefficient (Wildman–Crippen LogP) is 0.134. The van der Waals surface area contributed by atoms with Crippen LogP contribution < -0.4 is 0 Å². The highest BCUT2D eigenvalue weighted by Gasteiger charge is 2.40. The molecule has 17 heavy (non-hydrogen) atoms. The average molecular weight is 242 g/mol. The van der Waals surface area contributed by atoms with Crippen molar-refractivity contribution in [3.05, 3.63) is 12.7 Å². The second kappa shape index (κ2) is 5.67. The minimum absolute atomic E-state index is 0.0729. The van der Waals surface area contributed by atoms with Crippen LogP contribution >= 0.6 is 0 Å². The maximum Gasteiger partial charge on any atom is 0.326 e. The van der Waals surface area contributed by atoms with E-state index in [0.717, 1.165) is 0 Å². The Hall–Kier alpha value is -1.56. The van der Waals surface area contributed by atoms with E-state index in [-0.39, 0.29) is 19.0 Å². The molecule has 0 saturated carbocycles. The summed E-state index contributed by atoms with van der Waals surface area (Å²) >= 11 is 0. The fourth-order valence-electron chi connectivity index (χ4n) is 1.94. The summed E-state index contributed by atoms with van der Waals surface area (Å²) < 4.78 is 0. The zero-order valence-corrected chi connectivity index (χ0v) is 9.87. The number of aliphatic hydroxyl groups excluding tert-OH is 1. The summed E-state index contributed by atoms with van der Waals surface area (Å²) in [5.41, 5.74) is 0. The summed E-state index contributed by atoms with van der Waals surface area (Å²) in [7, 11) is 0. The Labute approximate surface area is 100 Å². The second-order valence-electron chi connectivity index (χ2n) is 4.01. The van der Waals surface area contributed by atoms with Gasteiger partial charge >= 0.3 is 12.0 Å². The highest BCUT2D eigenvalue weighted by atomic mass is 16.4. The molecular formula is C11H18N2O4. The number of urea groups is 1. The summed E-state index contributed by atoms with van der Waals surface area (Å²) in [5.74, 6) is -1.08. The Morgan fingerprint density at radius 3 is 2.71 bits per heavy atom.